The third-order valence-electron chi connectivity index (χ3n) is 5.99. The van der Waals surface area contributed by atoms with Gasteiger partial charge in [-0.2, -0.15) is 0 Å². The third kappa shape index (κ3) is 20.4. The largest absolute Gasteiger partial charge is 0.396 e. The van der Waals surface area contributed by atoms with Crippen molar-refractivity contribution in [1.82, 2.24) is 29.5 Å². The van der Waals surface area contributed by atoms with Crippen LogP contribution in [0.15, 0.2) is 54.9 Å². The van der Waals surface area contributed by atoms with Crippen LogP contribution in [0.2, 0.25) is 25.8 Å². The maximum atomic E-state index is 10.7. The topological polar surface area (TPSA) is 232 Å². The second-order valence-corrected chi connectivity index (χ2v) is 18.3. The molecule has 16 nitrogen and oxygen atoms in total. The van der Waals surface area contributed by atoms with Gasteiger partial charge in [-0.15, -0.1) is 0 Å². The van der Waals surface area contributed by atoms with Crippen molar-refractivity contribution in [2.75, 3.05) is 16.4 Å². The highest BCUT2D eigenvalue weighted by Gasteiger charge is 2.21. The second-order valence-electron chi connectivity index (χ2n) is 16.4. The molecule has 0 saturated heterocycles. The second kappa shape index (κ2) is 21.6. The molecule has 318 valence electrons. The molecule has 0 atom stereocenters. The summed E-state index contributed by atoms with van der Waals surface area (Å²) in [6.07, 6.45) is 1.80. The standard InChI is InChI=1S/C10H12ClN3.C9H12ClN3O2.C9H14ClN3.C5H2Cl2N2O2.C4H11N/c1-10(2,3)14-6-12-7-4-5-8(11)13-9(7)14;1-9(2,3)12-8-6(13(14)15)4-5-7(10)11-8;1-9(2,3)13-8-6(11)4-5-7(10)12-8;6-4-2-1-3(9(10)11)5(7)8-4;1-4(2,3)5/h4-6H,1-3H3;4-5H,1-3H3,(H,11,12);4-5H,11H2,1-3H3,(H,12,13);1-2H;5H2,1-3H3. The summed E-state index contributed by atoms with van der Waals surface area (Å²) in [6, 6.07) is 12.3. The number of nitro groups is 2. The summed E-state index contributed by atoms with van der Waals surface area (Å²) in [4.78, 5) is 39.8. The minimum Gasteiger partial charge on any atom is -0.396 e. The van der Waals surface area contributed by atoms with Crippen molar-refractivity contribution < 1.29 is 9.85 Å². The lowest BCUT2D eigenvalue weighted by Crippen LogP contribution is -2.27. The number of nitrogens with two attached hydrogens (primary N) is 2. The number of imidazole rings is 1. The molecule has 5 rings (SSSR count). The molecule has 0 aliphatic heterocycles. The Kier molecular flexibility index (Phi) is 19.3. The Hall–Kier alpha value is -4.32. The van der Waals surface area contributed by atoms with Crippen molar-refractivity contribution in [2.45, 2.75) is 105 Å². The van der Waals surface area contributed by atoms with Crippen LogP contribution in [-0.4, -0.2) is 56.0 Å². The van der Waals surface area contributed by atoms with Gasteiger partial charge >= 0.3 is 11.4 Å². The molecule has 0 fully saturated rings. The Morgan fingerprint density at radius 2 is 1.00 bits per heavy atom. The van der Waals surface area contributed by atoms with E-state index in [1.54, 1.807) is 24.5 Å². The Bertz CT molecular complexity index is 2140. The Morgan fingerprint density at radius 1 is 0.603 bits per heavy atom. The number of nitrogens with zero attached hydrogens (tertiary/aromatic N) is 8. The van der Waals surface area contributed by atoms with Crippen LogP contribution < -0.4 is 22.1 Å². The first-order chi connectivity index (χ1) is 26.3. The Labute approximate surface area is 363 Å². The molecule has 58 heavy (non-hydrogen) atoms. The summed E-state index contributed by atoms with van der Waals surface area (Å²) >= 11 is 28.1. The van der Waals surface area contributed by atoms with Crippen LogP contribution in [0, 0.1) is 20.2 Å². The number of fused-ring (bicyclic) bond motifs is 1. The molecule has 5 aromatic rings. The molecule has 21 heteroatoms. The smallest absolute Gasteiger partial charge is 0.311 e. The quantitative estimate of drug-likeness (QED) is 0.0747. The molecule has 5 aromatic heterocycles. The lowest BCUT2D eigenvalue weighted by molar-refractivity contribution is -0.385. The summed E-state index contributed by atoms with van der Waals surface area (Å²) in [5.74, 6) is 0.833. The van der Waals surface area contributed by atoms with Crippen LogP contribution >= 0.6 is 58.0 Å². The predicted molar refractivity (Wildman–Crippen MR) is 239 cm³/mol. The van der Waals surface area contributed by atoms with E-state index in [4.69, 9.17) is 69.5 Å². The molecule has 0 aliphatic rings. The van der Waals surface area contributed by atoms with Gasteiger partial charge in [0.25, 0.3) is 0 Å². The average molecular weight is 905 g/mol. The van der Waals surface area contributed by atoms with E-state index in [-0.39, 0.29) is 54.8 Å². The fourth-order valence-corrected chi connectivity index (χ4v) is 4.68. The molecule has 0 spiro atoms. The van der Waals surface area contributed by atoms with E-state index in [1.165, 1.54) is 24.3 Å². The molecule has 0 unspecified atom stereocenters. The van der Waals surface area contributed by atoms with Crippen molar-refractivity contribution in [1.29, 1.82) is 0 Å². The van der Waals surface area contributed by atoms with E-state index in [2.05, 4.69) is 56.3 Å². The average Bonchev–Trinajstić information content (AvgIpc) is 3.45. The van der Waals surface area contributed by atoms with Crippen molar-refractivity contribution in [2.24, 2.45) is 5.73 Å². The number of hydrogen-bond acceptors (Lipinski definition) is 13. The number of halogens is 5. The molecule has 0 aliphatic carbocycles. The van der Waals surface area contributed by atoms with Crippen molar-refractivity contribution in [3.8, 4) is 0 Å². The predicted octanol–water partition coefficient (Wildman–Crippen LogP) is 11.3. The van der Waals surface area contributed by atoms with Gasteiger partial charge in [0.15, 0.2) is 11.5 Å². The van der Waals surface area contributed by atoms with Gasteiger partial charge in [0.05, 0.1) is 21.9 Å². The van der Waals surface area contributed by atoms with Crippen LogP contribution in [-0.2, 0) is 5.54 Å². The molecule has 0 amide bonds. The number of nitrogen functional groups attached to an aromatic ring is 1. The maximum Gasteiger partial charge on any atom is 0.311 e. The molecule has 0 bridgehead atoms. The number of aromatic nitrogens is 6. The minimum atomic E-state index is -0.619. The molecular weight excluding hydrogens is 854 g/mol. The molecule has 0 aromatic carbocycles. The molecule has 6 N–H and O–H groups in total. The lowest BCUT2D eigenvalue weighted by atomic mass is 10.1. The minimum absolute atomic E-state index is 0. The highest BCUT2D eigenvalue weighted by molar-refractivity contribution is 6.33. The van der Waals surface area contributed by atoms with E-state index in [0.29, 0.717) is 21.8 Å². The highest BCUT2D eigenvalue weighted by atomic mass is 35.5. The summed E-state index contributed by atoms with van der Waals surface area (Å²) in [5, 5.41) is 28.1. The van der Waals surface area contributed by atoms with E-state index in [1.807, 2.05) is 72.9 Å². The zero-order chi connectivity index (χ0) is 45.0. The Balaban J connectivity index is 0.000000374. The number of pyridine rings is 4. The first-order valence-corrected chi connectivity index (χ1v) is 19.2. The first kappa shape index (κ1) is 51.7. The number of rotatable bonds is 4. The van der Waals surface area contributed by atoms with Gasteiger partial charge in [0.1, 0.15) is 26.1 Å². The van der Waals surface area contributed by atoms with Gasteiger partial charge in [0.2, 0.25) is 11.0 Å². The lowest BCUT2D eigenvalue weighted by Gasteiger charge is -2.22. The fraction of sp³-hybridized carbons (Fsp3) is 0.432. The van der Waals surface area contributed by atoms with Gasteiger partial charge in [-0.05, 0) is 119 Å². The summed E-state index contributed by atoms with van der Waals surface area (Å²) < 4.78 is 2.02. The van der Waals surface area contributed by atoms with E-state index < -0.39 is 9.85 Å². The molecule has 5 heterocycles. The van der Waals surface area contributed by atoms with Gasteiger partial charge in [-0.25, -0.2) is 24.9 Å². The van der Waals surface area contributed by atoms with Gasteiger partial charge in [0, 0.05) is 34.3 Å². The van der Waals surface area contributed by atoms with Crippen LogP contribution in [0.25, 0.3) is 11.2 Å². The van der Waals surface area contributed by atoms with E-state index in [0.717, 1.165) is 11.2 Å². The van der Waals surface area contributed by atoms with Crippen molar-refractivity contribution in [3.05, 3.63) is 101 Å². The van der Waals surface area contributed by atoms with Crippen LogP contribution in [0.3, 0.4) is 0 Å². The van der Waals surface area contributed by atoms with E-state index >= 15 is 0 Å². The first-order valence-electron chi connectivity index (χ1n) is 17.3. The maximum absolute atomic E-state index is 10.7. The normalized spacial score (nSPS) is 11.3. The fourth-order valence-electron chi connectivity index (χ4n) is 3.83. The third-order valence-corrected chi connectivity index (χ3v) is 7.11. The van der Waals surface area contributed by atoms with Gasteiger partial charge < -0.3 is 26.7 Å². The SMILES string of the molecule is CC(C)(C)N.CC(C)(C)Nc1nc(Cl)ccc1N.CC(C)(C)Nc1nc(Cl)ccc1[N+](=O)[O-].CC(C)(C)n1cnc2ccc(Cl)nc21.O=[N+]([O-])c1ccc(Cl)nc1Cl. The van der Waals surface area contributed by atoms with Crippen molar-refractivity contribution in [3.63, 3.8) is 0 Å². The van der Waals surface area contributed by atoms with Crippen LogP contribution in [0.4, 0.5) is 28.7 Å². The van der Waals surface area contributed by atoms with Crippen LogP contribution in [0.5, 0.6) is 0 Å². The zero-order valence-corrected chi connectivity index (χ0v) is 38.2. The molecular formula is C37H51Cl5N12O4. The van der Waals surface area contributed by atoms with Gasteiger partial charge in [-0.3, -0.25) is 20.2 Å². The summed E-state index contributed by atoms with van der Waals surface area (Å²) in [6.45, 7) is 24.0. The van der Waals surface area contributed by atoms with Crippen LogP contribution in [0.1, 0.15) is 83.1 Å². The molecule has 0 saturated carbocycles. The van der Waals surface area contributed by atoms with Crippen molar-refractivity contribution >= 4 is 97.9 Å². The van der Waals surface area contributed by atoms with Gasteiger partial charge in [-0.1, -0.05) is 58.0 Å². The number of nitrogens with one attached hydrogen (secondary N) is 2. The monoisotopic (exact) mass is 902 g/mol. The molecule has 0 radical (unpaired) electrons. The summed E-state index contributed by atoms with van der Waals surface area (Å²) in [7, 11) is 0. The number of anilines is 3. The zero-order valence-electron chi connectivity index (χ0n) is 34.5. The van der Waals surface area contributed by atoms with E-state index in [9.17, 15) is 20.2 Å². The summed E-state index contributed by atoms with van der Waals surface area (Å²) in [5.41, 5.74) is 12.7. The number of hydrogen-bond donors (Lipinski definition) is 4. The highest BCUT2D eigenvalue weighted by Crippen LogP contribution is 2.27. The Morgan fingerprint density at radius 3 is 1.45 bits per heavy atom.